The summed E-state index contributed by atoms with van der Waals surface area (Å²) in [4.78, 5) is 11.2. The minimum absolute atomic E-state index is 0.665. The molecule has 0 spiro atoms. The Morgan fingerprint density at radius 3 is 2.89 bits per heavy atom. The predicted molar refractivity (Wildman–Crippen MR) is 69.9 cm³/mol. The van der Waals surface area contributed by atoms with Crippen LogP contribution in [0.5, 0.6) is 0 Å². The van der Waals surface area contributed by atoms with Gasteiger partial charge in [-0.05, 0) is 19.8 Å². The van der Waals surface area contributed by atoms with Crippen molar-refractivity contribution in [3.8, 4) is 0 Å². The lowest BCUT2D eigenvalue weighted by Gasteiger charge is -2.20. The molecular weight excluding hydrogens is 230 g/mol. The van der Waals surface area contributed by atoms with Crippen LogP contribution in [-0.2, 0) is 11.3 Å². The summed E-state index contributed by atoms with van der Waals surface area (Å²) in [5, 5.41) is 0. The average molecular weight is 251 g/mol. The number of hydrazine groups is 1. The van der Waals surface area contributed by atoms with Crippen molar-refractivity contribution in [2.24, 2.45) is 5.84 Å². The molecule has 0 bridgehead atoms. The maximum Gasteiger partial charge on any atom is 0.145 e. The quantitative estimate of drug-likeness (QED) is 0.548. The van der Waals surface area contributed by atoms with E-state index < -0.39 is 0 Å². The smallest absolute Gasteiger partial charge is 0.145 e. The molecule has 1 heterocycles. The normalized spacial score (nSPS) is 15.1. The minimum atomic E-state index is 0.665. The van der Waals surface area contributed by atoms with Crippen molar-refractivity contribution in [1.29, 1.82) is 0 Å². The summed E-state index contributed by atoms with van der Waals surface area (Å²) in [6, 6.07) is 2.50. The van der Waals surface area contributed by atoms with Gasteiger partial charge in [0.2, 0.25) is 0 Å². The van der Waals surface area contributed by atoms with E-state index in [1.165, 1.54) is 12.8 Å². The van der Waals surface area contributed by atoms with E-state index in [4.69, 9.17) is 10.6 Å². The number of methoxy groups -OCH3 is 1. The molecule has 0 aliphatic heterocycles. The molecule has 3 N–H and O–H groups in total. The number of ether oxygens (including phenoxy) is 1. The van der Waals surface area contributed by atoms with Crippen LogP contribution in [-0.4, -0.2) is 41.2 Å². The van der Waals surface area contributed by atoms with Gasteiger partial charge in [-0.25, -0.2) is 15.8 Å². The highest BCUT2D eigenvalue weighted by molar-refractivity contribution is 5.33. The summed E-state index contributed by atoms with van der Waals surface area (Å²) in [6.45, 7) is 4.36. The Hall–Kier alpha value is -1.24. The number of hydrogen-bond donors (Lipinski definition) is 2. The third kappa shape index (κ3) is 3.63. The summed E-state index contributed by atoms with van der Waals surface area (Å²) in [5.74, 6) is 6.87. The second-order valence-corrected chi connectivity index (χ2v) is 4.65. The molecule has 1 fully saturated rings. The van der Waals surface area contributed by atoms with Crippen molar-refractivity contribution in [2.45, 2.75) is 32.4 Å². The van der Waals surface area contributed by atoms with Crippen LogP contribution < -0.4 is 11.3 Å². The van der Waals surface area contributed by atoms with Crippen molar-refractivity contribution in [2.75, 3.05) is 25.7 Å². The number of nitrogens with zero attached hydrogens (tertiary/aromatic N) is 3. The lowest BCUT2D eigenvalue weighted by Crippen LogP contribution is -2.30. The number of nitrogens with one attached hydrogen (secondary N) is 1. The van der Waals surface area contributed by atoms with Crippen molar-refractivity contribution >= 4 is 5.82 Å². The van der Waals surface area contributed by atoms with Crippen LogP contribution in [0.1, 0.15) is 24.4 Å². The molecule has 0 atom stereocenters. The molecule has 0 radical (unpaired) electrons. The lowest BCUT2D eigenvalue weighted by molar-refractivity contribution is 0.138. The second-order valence-electron chi connectivity index (χ2n) is 4.65. The summed E-state index contributed by atoms with van der Waals surface area (Å²) in [7, 11) is 1.73. The zero-order valence-corrected chi connectivity index (χ0v) is 11.0. The van der Waals surface area contributed by atoms with Gasteiger partial charge >= 0.3 is 0 Å². The molecule has 1 saturated carbocycles. The zero-order chi connectivity index (χ0) is 13.0. The van der Waals surface area contributed by atoms with Gasteiger partial charge in [0.25, 0.3) is 0 Å². The number of anilines is 1. The van der Waals surface area contributed by atoms with E-state index in [2.05, 4.69) is 20.3 Å². The van der Waals surface area contributed by atoms with Gasteiger partial charge in [0.1, 0.15) is 11.6 Å². The minimum Gasteiger partial charge on any atom is -0.383 e. The monoisotopic (exact) mass is 251 g/mol. The number of nitrogens with two attached hydrogens (primary N) is 1. The molecule has 1 aromatic heterocycles. The third-order valence-electron chi connectivity index (χ3n) is 3.04. The molecule has 2 rings (SSSR count). The first-order valence-electron chi connectivity index (χ1n) is 6.27. The lowest BCUT2D eigenvalue weighted by atomic mass is 10.3. The van der Waals surface area contributed by atoms with Gasteiger partial charge in [-0.15, -0.1) is 0 Å². The molecule has 100 valence electrons. The van der Waals surface area contributed by atoms with Gasteiger partial charge < -0.3 is 10.2 Å². The molecule has 0 saturated heterocycles. The van der Waals surface area contributed by atoms with Gasteiger partial charge in [-0.1, -0.05) is 0 Å². The van der Waals surface area contributed by atoms with Crippen LogP contribution in [0, 0.1) is 6.92 Å². The van der Waals surface area contributed by atoms with Crippen molar-refractivity contribution in [3.05, 3.63) is 17.6 Å². The number of nitrogen functional groups attached to an aromatic ring is 1. The van der Waals surface area contributed by atoms with Crippen LogP contribution >= 0.6 is 0 Å². The fourth-order valence-electron chi connectivity index (χ4n) is 2.00. The van der Waals surface area contributed by atoms with Gasteiger partial charge in [0, 0.05) is 31.5 Å². The molecule has 1 aliphatic rings. The van der Waals surface area contributed by atoms with E-state index in [0.29, 0.717) is 11.9 Å². The predicted octanol–water partition coefficient (Wildman–Crippen LogP) is 0.681. The molecule has 0 unspecified atom stereocenters. The number of aromatic nitrogens is 2. The number of aryl methyl sites for hydroxylation is 1. The van der Waals surface area contributed by atoms with Crippen LogP contribution in [0.4, 0.5) is 5.82 Å². The summed E-state index contributed by atoms with van der Waals surface area (Å²) < 4.78 is 5.14. The van der Waals surface area contributed by atoms with Gasteiger partial charge in [0.05, 0.1) is 13.2 Å². The first-order valence-corrected chi connectivity index (χ1v) is 6.27. The van der Waals surface area contributed by atoms with E-state index in [1.807, 2.05) is 13.0 Å². The summed E-state index contributed by atoms with van der Waals surface area (Å²) in [6.07, 6.45) is 2.52. The second kappa shape index (κ2) is 6.08. The third-order valence-corrected chi connectivity index (χ3v) is 3.04. The Bertz CT molecular complexity index is 394. The summed E-state index contributed by atoms with van der Waals surface area (Å²) in [5.41, 5.74) is 3.50. The maximum absolute atomic E-state index is 5.40. The van der Waals surface area contributed by atoms with E-state index in [0.717, 1.165) is 31.2 Å². The zero-order valence-electron chi connectivity index (χ0n) is 11.0. The molecule has 6 heteroatoms. The van der Waals surface area contributed by atoms with E-state index in [9.17, 15) is 0 Å². The number of hydrogen-bond acceptors (Lipinski definition) is 6. The Morgan fingerprint density at radius 1 is 1.50 bits per heavy atom. The highest BCUT2D eigenvalue weighted by atomic mass is 16.5. The van der Waals surface area contributed by atoms with Crippen molar-refractivity contribution in [1.82, 2.24) is 14.9 Å². The first kappa shape index (κ1) is 13.2. The van der Waals surface area contributed by atoms with Crippen LogP contribution in [0.3, 0.4) is 0 Å². The molecule has 6 nitrogen and oxygen atoms in total. The highest BCUT2D eigenvalue weighted by Crippen LogP contribution is 2.27. The molecule has 0 amide bonds. The summed E-state index contributed by atoms with van der Waals surface area (Å²) >= 11 is 0. The largest absolute Gasteiger partial charge is 0.383 e. The SMILES string of the molecule is COCCN(Cc1nc(C)cc(NN)n1)C1CC1. The topological polar surface area (TPSA) is 76.3 Å². The molecule has 0 aromatic carbocycles. The fraction of sp³-hybridized carbons (Fsp3) is 0.667. The average Bonchev–Trinajstić information content (AvgIpc) is 3.18. The highest BCUT2D eigenvalue weighted by Gasteiger charge is 2.29. The maximum atomic E-state index is 5.40. The van der Waals surface area contributed by atoms with Crippen LogP contribution in [0.25, 0.3) is 0 Å². The van der Waals surface area contributed by atoms with Gasteiger partial charge in [-0.2, -0.15) is 0 Å². The fourth-order valence-corrected chi connectivity index (χ4v) is 2.00. The molecule has 18 heavy (non-hydrogen) atoms. The van der Waals surface area contributed by atoms with Gasteiger partial charge in [-0.3, -0.25) is 4.90 Å². The first-order chi connectivity index (χ1) is 8.72. The van der Waals surface area contributed by atoms with E-state index >= 15 is 0 Å². The Morgan fingerprint density at radius 2 is 2.28 bits per heavy atom. The molecule has 1 aromatic rings. The number of rotatable bonds is 7. The van der Waals surface area contributed by atoms with Crippen LogP contribution in [0.15, 0.2) is 6.07 Å². The molecule has 1 aliphatic carbocycles. The van der Waals surface area contributed by atoms with Crippen LogP contribution in [0.2, 0.25) is 0 Å². The van der Waals surface area contributed by atoms with E-state index in [1.54, 1.807) is 7.11 Å². The van der Waals surface area contributed by atoms with Crippen molar-refractivity contribution < 1.29 is 4.74 Å². The Balaban J connectivity index is 2.03. The molecular formula is C12H21N5O. The standard InChI is InChI=1S/C12H21N5O/c1-9-7-11(16-13)15-12(14-9)8-17(5-6-18-2)10-3-4-10/h7,10H,3-6,8,13H2,1-2H3,(H,14,15,16). The van der Waals surface area contributed by atoms with Crippen molar-refractivity contribution in [3.63, 3.8) is 0 Å². The Labute approximate surface area is 108 Å². The Kier molecular flexibility index (Phi) is 4.46. The van der Waals surface area contributed by atoms with Gasteiger partial charge in [0.15, 0.2) is 0 Å². The van der Waals surface area contributed by atoms with E-state index in [-0.39, 0.29) is 0 Å².